The van der Waals surface area contributed by atoms with Crippen LogP contribution in [0.3, 0.4) is 0 Å². The van der Waals surface area contributed by atoms with E-state index < -0.39 is 13.5 Å². The number of hydrogen-bond acceptors (Lipinski definition) is 2. The van der Waals surface area contributed by atoms with Crippen molar-refractivity contribution in [3.63, 3.8) is 0 Å². The zero-order chi connectivity index (χ0) is 11.3. The maximum Gasteiger partial charge on any atom is 1.00 e. The third-order valence-corrected chi connectivity index (χ3v) is 1.76. The second-order valence-electron chi connectivity index (χ2n) is 3.14. The molecule has 84 valence electrons. The normalized spacial score (nSPS) is 10.8. The van der Waals surface area contributed by atoms with Crippen LogP contribution in [-0.4, -0.2) is 25.2 Å². The largest absolute Gasteiger partial charge is 1.00 e. The van der Waals surface area contributed by atoms with Crippen molar-refractivity contribution in [3.05, 3.63) is 29.8 Å². The van der Waals surface area contributed by atoms with Gasteiger partial charge in [-0.3, -0.25) is 0 Å². The van der Waals surface area contributed by atoms with Crippen molar-refractivity contribution in [1.29, 1.82) is 0 Å². The van der Waals surface area contributed by atoms with Gasteiger partial charge in [0, 0.05) is 6.61 Å². The minimum atomic E-state index is -4.91. The fraction of sp³-hybridized carbons (Fsp3) is 0.333. The standard InChI is InChI=1S/C9H11BF3O2.K/c11-10(12,13)7-15-9-3-1-8(2-4-9)5-6-14;/h1-4,14H,5-7H2;/q-1;+1. The molecular weight excluding hydrogens is 247 g/mol. The van der Waals surface area contributed by atoms with Gasteiger partial charge >= 0.3 is 58.4 Å². The van der Waals surface area contributed by atoms with Crippen molar-refractivity contribution < 1.29 is 74.2 Å². The zero-order valence-electron chi connectivity index (χ0n) is 9.00. The Balaban J connectivity index is 0.00000225. The van der Waals surface area contributed by atoms with Crippen LogP contribution in [0.4, 0.5) is 12.9 Å². The van der Waals surface area contributed by atoms with E-state index in [2.05, 4.69) is 4.74 Å². The van der Waals surface area contributed by atoms with Crippen LogP contribution in [0.2, 0.25) is 0 Å². The molecule has 0 saturated carbocycles. The second-order valence-corrected chi connectivity index (χ2v) is 3.14. The Labute approximate surface area is 135 Å². The van der Waals surface area contributed by atoms with E-state index in [0.29, 0.717) is 6.42 Å². The summed E-state index contributed by atoms with van der Waals surface area (Å²) in [5.41, 5.74) is 0.863. The van der Waals surface area contributed by atoms with E-state index in [1.807, 2.05) is 0 Å². The number of halogens is 3. The molecule has 1 rings (SSSR count). The van der Waals surface area contributed by atoms with Gasteiger partial charge in [0.2, 0.25) is 0 Å². The number of benzene rings is 1. The van der Waals surface area contributed by atoms with E-state index in [0.717, 1.165) is 5.56 Å². The Bertz CT molecular complexity index is 303. The van der Waals surface area contributed by atoms with Crippen LogP contribution in [0.5, 0.6) is 5.75 Å². The number of aliphatic hydroxyl groups is 1. The first-order chi connectivity index (χ1) is 7.01. The molecule has 0 aromatic heterocycles. The van der Waals surface area contributed by atoms with Crippen molar-refractivity contribution >= 4 is 6.98 Å². The van der Waals surface area contributed by atoms with Gasteiger partial charge in [0.15, 0.2) is 0 Å². The third-order valence-electron chi connectivity index (χ3n) is 1.76. The molecule has 2 nitrogen and oxygen atoms in total. The number of hydrogen-bond donors (Lipinski definition) is 1. The van der Waals surface area contributed by atoms with Crippen molar-refractivity contribution in [2.75, 3.05) is 13.1 Å². The molecular formula is C9H11BF3KO2. The van der Waals surface area contributed by atoms with Crippen LogP contribution >= 0.6 is 0 Å². The summed E-state index contributed by atoms with van der Waals surface area (Å²) in [7, 11) is 0. The molecule has 0 unspecified atom stereocenters. The SMILES string of the molecule is OCCc1ccc(OC[B-](F)(F)F)cc1.[K+]. The topological polar surface area (TPSA) is 29.5 Å². The Kier molecular flexibility index (Phi) is 7.96. The van der Waals surface area contributed by atoms with Crippen molar-refractivity contribution in [2.45, 2.75) is 6.42 Å². The van der Waals surface area contributed by atoms with Crippen LogP contribution < -0.4 is 56.1 Å². The van der Waals surface area contributed by atoms with E-state index in [-0.39, 0.29) is 63.7 Å². The molecule has 7 heteroatoms. The van der Waals surface area contributed by atoms with Crippen LogP contribution in [0.1, 0.15) is 5.56 Å². The van der Waals surface area contributed by atoms with Gasteiger partial charge in [-0.25, -0.2) is 0 Å². The second kappa shape index (κ2) is 7.73. The molecule has 0 atom stereocenters. The van der Waals surface area contributed by atoms with E-state index >= 15 is 0 Å². The Morgan fingerprint density at radius 2 is 1.69 bits per heavy atom. The van der Waals surface area contributed by atoms with Gasteiger partial charge in [-0.2, -0.15) is 0 Å². The summed E-state index contributed by atoms with van der Waals surface area (Å²) in [6.07, 6.45) is 0.490. The number of ether oxygens (including phenoxy) is 1. The minimum absolute atomic E-state index is 0. The number of aliphatic hydroxyl groups excluding tert-OH is 1. The van der Waals surface area contributed by atoms with E-state index in [1.165, 1.54) is 12.1 Å². The third kappa shape index (κ3) is 6.93. The molecule has 0 fully saturated rings. The van der Waals surface area contributed by atoms with Gasteiger partial charge in [-0.15, -0.1) is 0 Å². The molecule has 0 aliphatic rings. The fourth-order valence-electron chi connectivity index (χ4n) is 1.07. The maximum atomic E-state index is 11.8. The van der Waals surface area contributed by atoms with Gasteiger partial charge in [0.05, 0.1) is 6.51 Å². The summed E-state index contributed by atoms with van der Waals surface area (Å²) in [5.74, 6) is 0.191. The molecule has 1 aromatic carbocycles. The number of rotatable bonds is 5. The minimum Gasteiger partial charge on any atom is -0.522 e. The predicted molar refractivity (Wildman–Crippen MR) is 51.8 cm³/mol. The Hall–Kier alpha value is 0.471. The van der Waals surface area contributed by atoms with Crippen molar-refractivity contribution in [2.24, 2.45) is 0 Å². The molecule has 0 radical (unpaired) electrons. The molecule has 16 heavy (non-hydrogen) atoms. The smallest absolute Gasteiger partial charge is 0.522 e. The first-order valence-corrected chi connectivity index (χ1v) is 4.55. The monoisotopic (exact) mass is 258 g/mol. The Morgan fingerprint density at radius 1 is 1.12 bits per heavy atom. The summed E-state index contributed by atoms with van der Waals surface area (Å²) < 4.78 is 40.1. The van der Waals surface area contributed by atoms with Crippen LogP contribution in [-0.2, 0) is 6.42 Å². The molecule has 1 N–H and O–H groups in total. The van der Waals surface area contributed by atoms with Crippen LogP contribution in [0, 0.1) is 0 Å². The van der Waals surface area contributed by atoms with E-state index in [1.54, 1.807) is 12.1 Å². The van der Waals surface area contributed by atoms with E-state index in [9.17, 15) is 12.9 Å². The average molecular weight is 258 g/mol. The van der Waals surface area contributed by atoms with Crippen molar-refractivity contribution in [3.8, 4) is 5.75 Å². The molecule has 0 amide bonds. The van der Waals surface area contributed by atoms with Gasteiger partial charge in [-0.05, 0) is 24.1 Å². The zero-order valence-corrected chi connectivity index (χ0v) is 12.1. The van der Waals surface area contributed by atoms with Gasteiger partial charge in [-0.1, -0.05) is 12.1 Å². The molecule has 0 bridgehead atoms. The summed E-state index contributed by atoms with van der Waals surface area (Å²) >= 11 is 0. The first kappa shape index (κ1) is 16.5. The summed E-state index contributed by atoms with van der Waals surface area (Å²) in [6.45, 7) is -6.11. The van der Waals surface area contributed by atoms with Gasteiger partial charge in [0.1, 0.15) is 5.75 Å². The van der Waals surface area contributed by atoms with Gasteiger partial charge < -0.3 is 22.8 Å². The maximum absolute atomic E-state index is 11.8. The fourth-order valence-corrected chi connectivity index (χ4v) is 1.07. The summed E-state index contributed by atoms with van der Waals surface area (Å²) in [4.78, 5) is 0. The molecule has 0 heterocycles. The van der Waals surface area contributed by atoms with Crippen LogP contribution in [0.15, 0.2) is 24.3 Å². The predicted octanol–water partition coefficient (Wildman–Crippen LogP) is -1.01. The molecule has 0 aliphatic carbocycles. The summed E-state index contributed by atoms with van der Waals surface area (Å²) in [5, 5.41) is 8.62. The molecule has 0 aliphatic heterocycles. The summed E-state index contributed by atoms with van der Waals surface area (Å²) in [6, 6.07) is 6.20. The van der Waals surface area contributed by atoms with Gasteiger partial charge in [0.25, 0.3) is 0 Å². The molecule has 1 aromatic rings. The van der Waals surface area contributed by atoms with Crippen LogP contribution in [0.25, 0.3) is 0 Å². The average Bonchev–Trinajstić information content (AvgIpc) is 2.16. The Morgan fingerprint density at radius 3 is 2.12 bits per heavy atom. The molecule has 0 spiro atoms. The quantitative estimate of drug-likeness (QED) is 0.686. The van der Waals surface area contributed by atoms with Crippen molar-refractivity contribution in [1.82, 2.24) is 0 Å². The molecule has 0 saturated heterocycles. The van der Waals surface area contributed by atoms with E-state index in [4.69, 9.17) is 5.11 Å². The first-order valence-electron chi connectivity index (χ1n) is 4.55.